The Hall–Kier alpha value is -2.20. The number of aromatic nitrogens is 1. The zero-order chi connectivity index (χ0) is 19.4. The van der Waals surface area contributed by atoms with E-state index in [1.54, 1.807) is 12.1 Å². The maximum absolute atomic E-state index is 12.2. The smallest absolute Gasteiger partial charge is 0.328 e. The lowest BCUT2D eigenvalue weighted by atomic mass is 10.1. The topological polar surface area (TPSA) is 133 Å². The van der Waals surface area contributed by atoms with Gasteiger partial charge in [-0.25, -0.2) is 15.6 Å². The Morgan fingerprint density at radius 2 is 2.00 bits per heavy atom. The van der Waals surface area contributed by atoms with Crippen molar-refractivity contribution in [3.8, 4) is 0 Å². The number of esters is 2. The molecular weight excluding hydrogens is 408 g/mol. The van der Waals surface area contributed by atoms with Crippen LogP contribution in [0.4, 0.5) is 5.82 Å². The Morgan fingerprint density at radius 1 is 1.27 bits per heavy atom. The molecule has 0 fully saturated rings. The number of alkyl halides is 1. The molecule has 1 atom stereocenters. The lowest BCUT2D eigenvalue weighted by molar-refractivity contribution is -0.147. The van der Waals surface area contributed by atoms with E-state index >= 15 is 0 Å². The second-order valence-electron chi connectivity index (χ2n) is 5.27. The van der Waals surface area contributed by atoms with E-state index in [1.807, 2.05) is 6.92 Å². The summed E-state index contributed by atoms with van der Waals surface area (Å²) in [4.78, 5) is 39.3. The highest BCUT2D eigenvalue weighted by Crippen LogP contribution is 2.06. The van der Waals surface area contributed by atoms with E-state index in [1.165, 1.54) is 6.20 Å². The van der Waals surface area contributed by atoms with E-state index in [2.05, 4.69) is 31.7 Å². The number of halogens is 1. The number of anilines is 1. The first kappa shape index (κ1) is 21.8. The maximum Gasteiger partial charge on any atom is 0.328 e. The molecule has 144 valence electrons. The molecule has 9 nitrogen and oxygen atoms in total. The van der Waals surface area contributed by atoms with Crippen LogP contribution in [-0.4, -0.2) is 47.4 Å². The lowest BCUT2D eigenvalue weighted by Gasteiger charge is -2.17. The number of hydrogen-bond donors (Lipinski definition) is 3. The molecule has 0 aliphatic rings. The summed E-state index contributed by atoms with van der Waals surface area (Å²) in [6, 6.07) is 2.34. The SMILES string of the molecule is CCCC(NC(=O)c1ccc(NN)nc1)C(=O)OCCCOC(=O)CBr. The van der Waals surface area contributed by atoms with Crippen LogP contribution in [0.1, 0.15) is 36.5 Å². The van der Waals surface area contributed by atoms with Gasteiger partial charge in [0.1, 0.15) is 17.2 Å². The number of nitrogens with two attached hydrogens (primary N) is 1. The van der Waals surface area contributed by atoms with Crippen LogP contribution in [-0.2, 0) is 19.1 Å². The molecule has 1 aromatic heterocycles. The van der Waals surface area contributed by atoms with Crippen molar-refractivity contribution in [3.05, 3.63) is 23.9 Å². The van der Waals surface area contributed by atoms with Crippen molar-refractivity contribution >= 4 is 39.6 Å². The van der Waals surface area contributed by atoms with Crippen LogP contribution in [0.2, 0.25) is 0 Å². The lowest BCUT2D eigenvalue weighted by Crippen LogP contribution is -2.42. The number of hydrogen-bond acceptors (Lipinski definition) is 8. The fourth-order valence-corrected chi connectivity index (χ4v) is 2.11. The molecule has 0 aliphatic carbocycles. The van der Waals surface area contributed by atoms with Gasteiger partial charge in [0.2, 0.25) is 0 Å². The van der Waals surface area contributed by atoms with Crippen molar-refractivity contribution in [2.24, 2.45) is 5.84 Å². The Bertz CT molecular complexity index is 597. The maximum atomic E-state index is 12.2. The third-order valence-corrected chi connectivity index (χ3v) is 3.70. The Balaban J connectivity index is 2.48. The van der Waals surface area contributed by atoms with Crippen LogP contribution in [0, 0.1) is 0 Å². The van der Waals surface area contributed by atoms with Crippen molar-refractivity contribution in [2.75, 3.05) is 24.0 Å². The summed E-state index contributed by atoms with van der Waals surface area (Å²) in [5, 5.41) is 2.76. The molecule has 0 saturated heterocycles. The predicted octanol–water partition coefficient (Wildman–Crippen LogP) is 1.14. The number of amides is 1. The summed E-state index contributed by atoms with van der Waals surface area (Å²) >= 11 is 2.98. The van der Waals surface area contributed by atoms with Crippen LogP contribution >= 0.6 is 15.9 Å². The highest BCUT2D eigenvalue weighted by atomic mass is 79.9. The van der Waals surface area contributed by atoms with Crippen molar-refractivity contribution in [1.82, 2.24) is 10.3 Å². The first-order chi connectivity index (χ1) is 12.5. The predicted molar refractivity (Wildman–Crippen MR) is 98.5 cm³/mol. The molecule has 0 aliphatic heterocycles. The van der Waals surface area contributed by atoms with Crippen molar-refractivity contribution in [3.63, 3.8) is 0 Å². The number of ether oxygens (including phenoxy) is 2. The van der Waals surface area contributed by atoms with E-state index in [4.69, 9.17) is 15.3 Å². The average Bonchev–Trinajstić information content (AvgIpc) is 2.66. The minimum absolute atomic E-state index is 0.100. The van der Waals surface area contributed by atoms with Gasteiger partial charge in [-0.2, -0.15) is 0 Å². The molecular formula is C16H23BrN4O5. The highest BCUT2D eigenvalue weighted by molar-refractivity contribution is 9.09. The number of hydrazine groups is 1. The summed E-state index contributed by atoms with van der Waals surface area (Å²) in [5.41, 5.74) is 2.67. The van der Waals surface area contributed by atoms with Gasteiger partial charge in [0.25, 0.3) is 5.91 Å². The fraction of sp³-hybridized carbons (Fsp3) is 0.500. The van der Waals surface area contributed by atoms with E-state index < -0.39 is 17.9 Å². The summed E-state index contributed by atoms with van der Waals surface area (Å²) in [5.74, 6) is 4.31. The number of carbonyl (C=O) groups excluding carboxylic acids is 3. The molecule has 1 unspecified atom stereocenters. The number of pyridine rings is 1. The third-order valence-electron chi connectivity index (χ3n) is 3.25. The van der Waals surface area contributed by atoms with Crippen molar-refractivity contribution in [2.45, 2.75) is 32.2 Å². The van der Waals surface area contributed by atoms with Gasteiger partial charge in [0.15, 0.2) is 0 Å². The van der Waals surface area contributed by atoms with E-state index in [0.717, 1.165) is 0 Å². The Morgan fingerprint density at radius 3 is 2.58 bits per heavy atom. The molecule has 10 heteroatoms. The number of nitrogen functional groups attached to an aromatic ring is 1. The minimum atomic E-state index is -0.759. The third kappa shape index (κ3) is 7.79. The van der Waals surface area contributed by atoms with Crippen LogP contribution in [0.15, 0.2) is 18.3 Å². The number of nitrogens with one attached hydrogen (secondary N) is 2. The van der Waals surface area contributed by atoms with Gasteiger partial charge in [-0.1, -0.05) is 29.3 Å². The summed E-state index contributed by atoms with van der Waals surface area (Å²) in [7, 11) is 0. The van der Waals surface area contributed by atoms with E-state index in [9.17, 15) is 14.4 Å². The summed E-state index contributed by atoms with van der Waals surface area (Å²) < 4.78 is 10.0. The molecule has 0 aromatic carbocycles. The molecule has 1 amide bonds. The van der Waals surface area contributed by atoms with Gasteiger partial charge in [-0.3, -0.25) is 9.59 Å². The molecule has 0 saturated carbocycles. The van der Waals surface area contributed by atoms with Crippen LogP contribution in [0.25, 0.3) is 0 Å². The van der Waals surface area contributed by atoms with Crippen molar-refractivity contribution in [1.29, 1.82) is 0 Å². The van der Waals surface area contributed by atoms with Gasteiger partial charge in [0.05, 0.1) is 18.8 Å². The van der Waals surface area contributed by atoms with Gasteiger partial charge >= 0.3 is 11.9 Å². The molecule has 0 radical (unpaired) electrons. The van der Waals surface area contributed by atoms with Crippen molar-refractivity contribution < 1.29 is 23.9 Å². The first-order valence-electron chi connectivity index (χ1n) is 8.13. The molecule has 1 heterocycles. The number of rotatable bonds is 11. The molecule has 4 N–H and O–H groups in total. The highest BCUT2D eigenvalue weighted by Gasteiger charge is 2.22. The van der Waals surface area contributed by atoms with Gasteiger partial charge in [-0.05, 0) is 18.6 Å². The molecule has 1 aromatic rings. The van der Waals surface area contributed by atoms with Gasteiger partial charge in [0, 0.05) is 12.6 Å². The van der Waals surface area contributed by atoms with E-state index in [0.29, 0.717) is 30.6 Å². The average molecular weight is 431 g/mol. The van der Waals surface area contributed by atoms with E-state index in [-0.39, 0.29) is 24.5 Å². The second kappa shape index (κ2) is 12.2. The van der Waals surface area contributed by atoms with Crippen LogP contribution in [0.5, 0.6) is 0 Å². The van der Waals surface area contributed by atoms with Gasteiger partial charge < -0.3 is 20.2 Å². The molecule has 1 rings (SSSR count). The van der Waals surface area contributed by atoms with Crippen LogP contribution < -0.4 is 16.6 Å². The normalized spacial score (nSPS) is 11.3. The zero-order valence-electron chi connectivity index (χ0n) is 14.5. The largest absolute Gasteiger partial charge is 0.465 e. The zero-order valence-corrected chi connectivity index (χ0v) is 16.1. The second-order valence-corrected chi connectivity index (χ2v) is 5.83. The standard InChI is InChI=1S/C16H23BrN4O5/c1-2-4-12(16(24)26-8-3-7-25-14(22)9-17)20-15(23)11-5-6-13(21-18)19-10-11/h5-6,10,12H,2-4,7-9,18H2,1H3,(H,19,21)(H,20,23). The van der Waals surface area contributed by atoms with Crippen LogP contribution in [0.3, 0.4) is 0 Å². The quantitative estimate of drug-likeness (QED) is 0.156. The summed E-state index contributed by atoms with van der Waals surface area (Å²) in [6.07, 6.45) is 2.88. The van der Waals surface area contributed by atoms with Gasteiger partial charge in [-0.15, -0.1) is 0 Å². The first-order valence-corrected chi connectivity index (χ1v) is 9.25. The molecule has 0 bridgehead atoms. The monoisotopic (exact) mass is 430 g/mol. The summed E-state index contributed by atoms with van der Waals surface area (Å²) in [6.45, 7) is 2.16. The Kier molecular flexibility index (Phi) is 10.3. The molecule has 26 heavy (non-hydrogen) atoms. The molecule has 0 spiro atoms. The fourth-order valence-electron chi connectivity index (χ4n) is 1.95. The number of nitrogens with zero attached hydrogens (tertiary/aromatic N) is 1. The minimum Gasteiger partial charge on any atom is -0.465 e. The number of carbonyl (C=O) groups is 3. The Labute approximate surface area is 160 Å².